The van der Waals surface area contributed by atoms with Crippen LogP contribution < -0.4 is 10.6 Å². The van der Waals surface area contributed by atoms with E-state index in [9.17, 15) is 0 Å². The molecule has 148 valence electrons. The zero-order valence-electron chi connectivity index (χ0n) is 16.2. The van der Waals surface area contributed by atoms with Gasteiger partial charge in [-0.15, -0.1) is 0 Å². The van der Waals surface area contributed by atoms with E-state index in [0.29, 0.717) is 32.9 Å². The van der Waals surface area contributed by atoms with E-state index in [2.05, 4.69) is 32.5 Å². The van der Waals surface area contributed by atoms with Crippen LogP contribution in [0.1, 0.15) is 25.3 Å². The van der Waals surface area contributed by atoms with Crippen LogP contribution in [0.5, 0.6) is 0 Å². The van der Waals surface area contributed by atoms with Crippen LogP contribution in [0.2, 0.25) is 0 Å². The largest absolute Gasteiger partial charge is 0.379 e. The lowest BCUT2D eigenvalue weighted by Gasteiger charge is -2.12. The summed E-state index contributed by atoms with van der Waals surface area (Å²) >= 11 is 0. The molecule has 0 spiro atoms. The zero-order valence-corrected chi connectivity index (χ0v) is 16.2. The summed E-state index contributed by atoms with van der Waals surface area (Å²) in [6.45, 7) is 6.17. The van der Waals surface area contributed by atoms with E-state index >= 15 is 0 Å². The number of rotatable bonds is 12. The first kappa shape index (κ1) is 20.9. The van der Waals surface area contributed by atoms with E-state index in [1.807, 2.05) is 29.1 Å². The molecule has 0 atom stereocenters. The van der Waals surface area contributed by atoms with Gasteiger partial charge in [-0.3, -0.25) is 9.56 Å². The third-order valence-electron chi connectivity index (χ3n) is 3.81. The summed E-state index contributed by atoms with van der Waals surface area (Å²) in [6, 6.07) is 4.00. The lowest BCUT2D eigenvalue weighted by molar-refractivity contribution is 0.0487. The smallest absolute Gasteiger partial charge is 0.191 e. The molecular formula is C19H30N6O2. The molecule has 0 aliphatic rings. The highest BCUT2D eigenvalue weighted by atomic mass is 16.5. The molecule has 0 unspecified atom stereocenters. The maximum atomic E-state index is 5.53. The number of hydrogen-bond acceptors (Lipinski definition) is 5. The molecule has 0 saturated heterocycles. The van der Waals surface area contributed by atoms with Crippen LogP contribution in [0.15, 0.2) is 42.0 Å². The van der Waals surface area contributed by atoms with Crippen molar-refractivity contribution in [1.29, 1.82) is 0 Å². The van der Waals surface area contributed by atoms with E-state index in [1.165, 1.54) is 0 Å². The van der Waals surface area contributed by atoms with E-state index in [4.69, 9.17) is 9.47 Å². The highest BCUT2D eigenvalue weighted by Crippen LogP contribution is 2.05. The molecule has 8 nitrogen and oxygen atoms in total. The van der Waals surface area contributed by atoms with Crippen molar-refractivity contribution < 1.29 is 9.47 Å². The second-order valence-corrected chi connectivity index (χ2v) is 5.93. The number of nitrogens with zero attached hydrogens (tertiary/aromatic N) is 4. The molecule has 0 bridgehead atoms. The van der Waals surface area contributed by atoms with Gasteiger partial charge >= 0.3 is 0 Å². The fourth-order valence-corrected chi connectivity index (χ4v) is 2.29. The maximum Gasteiger partial charge on any atom is 0.191 e. The number of imidazole rings is 1. The minimum Gasteiger partial charge on any atom is -0.379 e. The number of guanidine groups is 1. The number of hydrogen-bond donors (Lipinski definition) is 2. The molecule has 8 heteroatoms. The van der Waals surface area contributed by atoms with Crippen LogP contribution in [0, 0.1) is 0 Å². The van der Waals surface area contributed by atoms with Gasteiger partial charge in [0.2, 0.25) is 0 Å². The number of aromatic nitrogens is 3. The van der Waals surface area contributed by atoms with E-state index in [1.54, 1.807) is 19.6 Å². The van der Waals surface area contributed by atoms with Gasteiger partial charge in [-0.2, -0.15) is 0 Å². The molecule has 2 heterocycles. The lowest BCUT2D eigenvalue weighted by atomic mass is 10.3. The average Bonchev–Trinajstić information content (AvgIpc) is 3.24. The molecule has 0 aliphatic carbocycles. The van der Waals surface area contributed by atoms with Crippen molar-refractivity contribution >= 4 is 5.96 Å². The highest BCUT2D eigenvalue weighted by molar-refractivity contribution is 5.79. The molecule has 2 N–H and O–H groups in total. The normalized spacial score (nSPS) is 11.6. The van der Waals surface area contributed by atoms with Crippen LogP contribution >= 0.6 is 0 Å². The Morgan fingerprint density at radius 2 is 2.00 bits per heavy atom. The van der Waals surface area contributed by atoms with Crippen molar-refractivity contribution in [2.75, 3.05) is 40.0 Å². The SMILES string of the molecule is CCCCOCCOCCNC(=NC)NCc1ccc(-n2ccnc2)nc1. The van der Waals surface area contributed by atoms with E-state index in [-0.39, 0.29) is 0 Å². The molecule has 2 rings (SSSR count). The van der Waals surface area contributed by atoms with Crippen LogP contribution in [0.25, 0.3) is 5.82 Å². The highest BCUT2D eigenvalue weighted by Gasteiger charge is 2.01. The summed E-state index contributed by atoms with van der Waals surface area (Å²) in [5, 5.41) is 6.49. The van der Waals surface area contributed by atoms with E-state index < -0.39 is 0 Å². The first-order chi connectivity index (χ1) is 13.3. The summed E-state index contributed by atoms with van der Waals surface area (Å²) in [5.74, 6) is 1.58. The monoisotopic (exact) mass is 374 g/mol. The minimum absolute atomic E-state index is 0.610. The van der Waals surface area contributed by atoms with Crippen molar-refractivity contribution in [3.05, 3.63) is 42.6 Å². The average molecular weight is 374 g/mol. The Morgan fingerprint density at radius 3 is 2.67 bits per heavy atom. The van der Waals surface area contributed by atoms with Crippen molar-refractivity contribution in [2.24, 2.45) is 4.99 Å². The molecule has 0 fully saturated rings. The molecule has 0 amide bonds. The van der Waals surface area contributed by atoms with Gasteiger partial charge in [-0.25, -0.2) is 9.97 Å². The Balaban J connectivity index is 1.59. The third kappa shape index (κ3) is 8.19. The summed E-state index contributed by atoms with van der Waals surface area (Å²) in [7, 11) is 1.75. The molecule has 0 radical (unpaired) electrons. The Kier molecular flexibility index (Phi) is 9.91. The van der Waals surface area contributed by atoms with Gasteiger partial charge < -0.3 is 20.1 Å². The molecular weight excluding hydrogens is 344 g/mol. The van der Waals surface area contributed by atoms with Gasteiger partial charge in [-0.05, 0) is 18.1 Å². The van der Waals surface area contributed by atoms with Gasteiger partial charge in [0, 0.05) is 45.3 Å². The fourth-order valence-electron chi connectivity index (χ4n) is 2.29. The third-order valence-corrected chi connectivity index (χ3v) is 3.81. The molecule has 2 aromatic heterocycles. The standard InChI is InChI=1S/C19H30N6O2/c1-3-4-10-26-12-13-27-11-8-22-19(20-2)24-15-17-5-6-18(23-14-17)25-9-7-21-16-25/h5-7,9,14,16H,3-4,8,10-13,15H2,1-2H3,(H2,20,22,24). The zero-order chi connectivity index (χ0) is 19.2. The summed E-state index contributed by atoms with van der Waals surface area (Å²) in [6.07, 6.45) is 9.43. The first-order valence-corrected chi connectivity index (χ1v) is 9.36. The topological polar surface area (TPSA) is 85.6 Å². The number of unbranched alkanes of at least 4 members (excludes halogenated alkanes) is 1. The van der Waals surface area contributed by atoms with Crippen molar-refractivity contribution in [1.82, 2.24) is 25.2 Å². The van der Waals surface area contributed by atoms with Crippen molar-refractivity contribution in [2.45, 2.75) is 26.3 Å². The van der Waals surface area contributed by atoms with Crippen LogP contribution in [0.3, 0.4) is 0 Å². The summed E-state index contributed by atoms with van der Waals surface area (Å²) in [5.41, 5.74) is 1.07. The molecule has 27 heavy (non-hydrogen) atoms. The second kappa shape index (κ2) is 12.8. The Morgan fingerprint density at radius 1 is 1.15 bits per heavy atom. The van der Waals surface area contributed by atoms with Crippen LogP contribution in [-0.4, -0.2) is 60.5 Å². The molecule has 0 aliphatic heterocycles. The number of ether oxygens (including phenoxy) is 2. The summed E-state index contributed by atoms with van der Waals surface area (Å²) < 4.78 is 12.9. The second-order valence-electron chi connectivity index (χ2n) is 5.93. The minimum atomic E-state index is 0.610. The van der Waals surface area contributed by atoms with Gasteiger partial charge in [0.1, 0.15) is 12.1 Å². The van der Waals surface area contributed by atoms with E-state index in [0.717, 1.165) is 36.8 Å². The van der Waals surface area contributed by atoms with Crippen LogP contribution in [0.4, 0.5) is 0 Å². The van der Waals surface area contributed by atoms with Crippen molar-refractivity contribution in [3.8, 4) is 5.82 Å². The quantitative estimate of drug-likeness (QED) is 0.335. The van der Waals surface area contributed by atoms with Gasteiger partial charge in [0.05, 0.1) is 19.8 Å². The Labute approximate surface area is 161 Å². The number of aliphatic imine (C=N–C) groups is 1. The van der Waals surface area contributed by atoms with Crippen molar-refractivity contribution in [3.63, 3.8) is 0 Å². The summed E-state index contributed by atoms with van der Waals surface area (Å²) in [4.78, 5) is 12.7. The predicted octanol–water partition coefficient (Wildman–Crippen LogP) is 1.77. The Bertz CT molecular complexity index is 643. The fraction of sp³-hybridized carbons (Fsp3) is 0.526. The van der Waals surface area contributed by atoms with Crippen LogP contribution in [-0.2, 0) is 16.0 Å². The van der Waals surface area contributed by atoms with Gasteiger partial charge in [0.25, 0.3) is 0 Å². The first-order valence-electron chi connectivity index (χ1n) is 9.36. The number of nitrogens with one attached hydrogen (secondary N) is 2. The Hall–Kier alpha value is -2.45. The molecule has 0 aromatic carbocycles. The predicted molar refractivity (Wildman–Crippen MR) is 106 cm³/mol. The molecule has 0 saturated carbocycles. The number of pyridine rings is 1. The lowest BCUT2D eigenvalue weighted by Crippen LogP contribution is -2.38. The maximum absolute atomic E-state index is 5.53. The van der Waals surface area contributed by atoms with Gasteiger partial charge in [0.15, 0.2) is 5.96 Å². The van der Waals surface area contributed by atoms with Gasteiger partial charge in [-0.1, -0.05) is 19.4 Å². The molecule has 2 aromatic rings.